The molecule has 8 aromatic carbocycles. The summed E-state index contributed by atoms with van der Waals surface area (Å²) < 4.78 is 0. The van der Waals surface area contributed by atoms with Gasteiger partial charge in [-0.05, 0) is 95.4 Å². The summed E-state index contributed by atoms with van der Waals surface area (Å²) in [5.41, 5.74) is 16.6. The maximum atomic E-state index is 5.32. The fourth-order valence-electron chi connectivity index (χ4n) is 7.91. The van der Waals surface area contributed by atoms with Gasteiger partial charge in [0.25, 0.3) is 0 Å². The summed E-state index contributed by atoms with van der Waals surface area (Å²) in [6.07, 6.45) is 0. The first-order valence-electron chi connectivity index (χ1n) is 17.2. The Morgan fingerprint density at radius 1 is 0.240 bits per heavy atom. The van der Waals surface area contributed by atoms with Gasteiger partial charge in [-0.3, -0.25) is 0 Å². The zero-order valence-corrected chi connectivity index (χ0v) is 27.3. The van der Waals surface area contributed by atoms with Crippen molar-refractivity contribution in [1.29, 1.82) is 0 Å². The van der Waals surface area contributed by atoms with Crippen molar-refractivity contribution >= 4 is 21.5 Å². The second-order valence-corrected chi connectivity index (χ2v) is 13.1. The van der Waals surface area contributed by atoms with Crippen LogP contribution in [0, 0.1) is 0 Å². The molecule has 1 nitrogen and oxygen atoms in total. The number of pyridine rings is 1. The van der Waals surface area contributed by atoms with E-state index in [9.17, 15) is 0 Å². The quantitative estimate of drug-likeness (QED) is 0.184. The molecule has 50 heavy (non-hydrogen) atoms. The molecule has 1 aliphatic carbocycles. The minimum absolute atomic E-state index is 0.961. The van der Waals surface area contributed by atoms with E-state index in [1.165, 1.54) is 71.6 Å². The summed E-state index contributed by atoms with van der Waals surface area (Å²) >= 11 is 0. The normalized spacial score (nSPS) is 11.6. The fourth-order valence-corrected chi connectivity index (χ4v) is 7.91. The zero-order chi connectivity index (χ0) is 33.0. The SMILES string of the molecule is c1ccc(-c2cc(-c3cccc(-c4ccc5c6c(cccc46)-c4ccccc4-5)c3)cc(-c3ccc(-c4ccccc4)c4ccccc34)n2)cc1. The van der Waals surface area contributed by atoms with Gasteiger partial charge in [-0.1, -0.05) is 170 Å². The molecule has 0 saturated heterocycles. The Labute approximate surface area is 291 Å². The highest BCUT2D eigenvalue weighted by atomic mass is 14.7. The lowest BCUT2D eigenvalue weighted by molar-refractivity contribution is 1.33. The zero-order valence-electron chi connectivity index (χ0n) is 27.3. The van der Waals surface area contributed by atoms with Crippen LogP contribution in [0.25, 0.3) is 99.7 Å². The van der Waals surface area contributed by atoms with E-state index in [2.05, 4.69) is 188 Å². The average molecular weight is 634 g/mol. The van der Waals surface area contributed by atoms with Crippen molar-refractivity contribution in [2.24, 2.45) is 0 Å². The molecule has 232 valence electrons. The van der Waals surface area contributed by atoms with Gasteiger partial charge in [0.2, 0.25) is 0 Å². The third-order valence-corrected chi connectivity index (χ3v) is 10.2. The van der Waals surface area contributed by atoms with Crippen molar-refractivity contribution in [2.45, 2.75) is 0 Å². The largest absolute Gasteiger partial charge is 0.248 e. The standard InChI is InChI=1S/C49H31N/c1-3-13-32(14-4-1)37-25-27-43(40-20-8-7-19-39(37)40)48-31-36(30-47(50-48)33-15-5-2-6-16-33)34-17-11-18-35(29-34)38-26-28-46-42-22-10-9-21-41(42)45-24-12-23-44(38)49(45)46/h1-31H. The van der Waals surface area contributed by atoms with E-state index in [0.717, 1.165) is 28.1 Å². The first kappa shape index (κ1) is 28.4. The highest BCUT2D eigenvalue weighted by Crippen LogP contribution is 2.49. The Morgan fingerprint density at radius 3 is 1.48 bits per heavy atom. The first-order valence-corrected chi connectivity index (χ1v) is 17.2. The molecule has 1 aliphatic rings. The number of nitrogens with zero attached hydrogens (tertiary/aromatic N) is 1. The topological polar surface area (TPSA) is 12.9 Å². The molecule has 10 rings (SSSR count). The van der Waals surface area contributed by atoms with Crippen LogP contribution in [0.15, 0.2) is 188 Å². The lowest BCUT2D eigenvalue weighted by atomic mass is 9.91. The molecule has 0 spiro atoms. The highest BCUT2D eigenvalue weighted by molar-refractivity contribution is 6.18. The number of aromatic nitrogens is 1. The molecule has 1 heterocycles. The maximum Gasteiger partial charge on any atom is 0.0721 e. The Balaban J connectivity index is 1.15. The van der Waals surface area contributed by atoms with E-state index in [0.29, 0.717) is 0 Å². The number of hydrogen-bond donors (Lipinski definition) is 0. The third-order valence-electron chi connectivity index (χ3n) is 10.2. The second-order valence-electron chi connectivity index (χ2n) is 13.1. The summed E-state index contributed by atoms with van der Waals surface area (Å²) in [6.45, 7) is 0. The van der Waals surface area contributed by atoms with E-state index in [4.69, 9.17) is 4.98 Å². The molecule has 0 aliphatic heterocycles. The predicted octanol–water partition coefficient (Wildman–Crippen LogP) is 13.4. The van der Waals surface area contributed by atoms with Crippen molar-refractivity contribution in [1.82, 2.24) is 4.98 Å². The molecule has 1 aromatic heterocycles. The molecule has 0 amide bonds. The molecule has 0 bridgehead atoms. The second kappa shape index (κ2) is 11.5. The lowest BCUT2D eigenvalue weighted by Gasteiger charge is -2.15. The van der Waals surface area contributed by atoms with Crippen LogP contribution in [0.5, 0.6) is 0 Å². The van der Waals surface area contributed by atoms with Gasteiger partial charge in [-0.2, -0.15) is 0 Å². The average Bonchev–Trinajstić information content (AvgIpc) is 3.53. The van der Waals surface area contributed by atoms with Crippen molar-refractivity contribution in [3.63, 3.8) is 0 Å². The molecule has 0 atom stereocenters. The first-order chi connectivity index (χ1) is 24.8. The minimum atomic E-state index is 0.961. The van der Waals surface area contributed by atoms with Crippen molar-refractivity contribution in [3.05, 3.63) is 188 Å². The van der Waals surface area contributed by atoms with Crippen LogP contribution in [0.4, 0.5) is 0 Å². The van der Waals surface area contributed by atoms with Crippen LogP contribution >= 0.6 is 0 Å². The van der Waals surface area contributed by atoms with Crippen LogP contribution in [-0.4, -0.2) is 4.98 Å². The molecule has 1 heteroatoms. The van der Waals surface area contributed by atoms with Gasteiger partial charge in [-0.15, -0.1) is 0 Å². The smallest absolute Gasteiger partial charge is 0.0721 e. The van der Waals surface area contributed by atoms with Gasteiger partial charge in [0.05, 0.1) is 11.4 Å². The molecular weight excluding hydrogens is 603 g/mol. The Hall–Kier alpha value is -6.57. The van der Waals surface area contributed by atoms with Gasteiger partial charge in [0.1, 0.15) is 0 Å². The van der Waals surface area contributed by atoms with Crippen molar-refractivity contribution in [2.75, 3.05) is 0 Å². The van der Waals surface area contributed by atoms with Gasteiger partial charge >= 0.3 is 0 Å². The Morgan fingerprint density at radius 2 is 0.720 bits per heavy atom. The number of benzene rings is 8. The van der Waals surface area contributed by atoms with E-state index < -0.39 is 0 Å². The van der Waals surface area contributed by atoms with Crippen LogP contribution in [0.3, 0.4) is 0 Å². The Bertz CT molecular complexity index is 2710. The van der Waals surface area contributed by atoms with Crippen LogP contribution < -0.4 is 0 Å². The number of fused-ring (bicyclic) bond motifs is 4. The summed E-state index contributed by atoms with van der Waals surface area (Å²) in [5, 5.41) is 5.06. The molecule has 0 saturated carbocycles. The van der Waals surface area contributed by atoms with Crippen molar-refractivity contribution in [3.8, 4) is 78.1 Å². The summed E-state index contributed by atoms with van der Waals surface area (Å²) in [7, 11) is 0. The maximum absolute atomic E-state index is 5.32. The summed E-state index contributed by atoms with van der Waals surface area (Å²) in [5.74, 6) is 0. The molecule has 0 radical (unpaired) electrons. The Kier molecular flexibility index (Phi) is 6.57. The molecule has 0 fully saturated rings. The van der Waals surface area contributed by atoms with E-state index in [1.54, 1.807) is 0 Å². The minimum Gasteiger partial charge on any atom is -0.248 e. The number of hydrogen-bond acceptors (Lipinski definition) is 1. The van der Waals surface area contributed by atoms with Crippen LogP contribution in [0.1, 0.15) is 0 Å². The number of rotatable bonds is 5. The third kappa shape index (κ3) is 4.59. The van der Waals surface area contributed by atoms with Crippen LogP contribution in [0.2, 0.25) is 0 Å². The van der Waals surface area contributed by atoms with Gasteiger partial charge in [0, 0.05) is 11.1 Å². The van der Waals surface area contributed by atoms with Gasteiger partial charge < -0.3 is 0 Å². The van der Waals surface area contributed by atoms with Gasteiger partial charge in [0.15, 0.2) is 0 Å². The van der Waals surface area contributed by atoms with E-state index >= 15 is 0 Å². The van der Waals surface area contributed by atoms with Crippen molar-refractivity contribution < 1.29 is 0 Å². The monoisotopic (exact) mass is 633 g/mol. The summed E-state index contributed by atoms with van der Waals surface area (Å²) in [6, 6.07) is 68.0. The lowest BCUT2D eigenvalue weighted by Crippen LogP contribution is -1.93. The van der Waals surface area contributed by atoms with Crippen LogP contribution in [-0.2, 0) is 0 Å². The van der Waals surface area contributed by atoms with Gasteiger partial charge in [-0.25, -0.2) is 4.98 Å². The van der Waals surface area contributed by atoms with E-state index in [1.807, 2.05) is 0 Å². The molecule has 0 N–H and O–H groups in total. The molecule has 9 aromatic rings. The van der Waals surface area contributed by atoms with E-state index in [-0.39, 0.29) is 0 Å². The fraction of sp³-hybridized carbons (Fsp3) is 0. The highest BCUT2D eigenvalue weighted by Gasteiger charge is 2.22. The predicted molar refractivity (Wildman–Crippen MR) is 211 cm³/mol. The molecule has 0 unspecified atom stereocenters. The summed E-state index contributed by atoms with van der Waals surface area (Å²) in [4.78, 5) is 5.32. The molecular formula is C49H31N.